The van der Waals surface area contributed by atoms with Crippen LogP contribution in [-0.4, -0.2) is 26.8 Å². The summed E-state index contributed by atoms with van der Waals surface area (Å²) in [5.41, 5.74) is 3.97. The Morgan fingerprint density at radius 3 is 2.69 bits per heavy atom. The number of amides is 1. The largest absolute Gasteiger partial charge is 0.447 e. The molecule has 1 aliphatic heterocycles. The van der Waals surface area contributed by atoms with E-state index in [4.69, 9.17) is 4.74 Å². The van der Waals surface area contributed by atoms with E-state index >= 15 is 0 Å². The van der Waals surface area contributed by atoms with Gasteiger partial charge < -0.3 is 4.74 Å². The van der Waals surface area contributed by atoms with Gasteiger partial charge in [-0.2, -0.15) is 4.98 Å². The van der Waals surface area contributed by atoms with E-state index in [-0.39, 0.29) is 5.91 Å². The number of para-hydroxylation sites is 1. The van der Waals surface area contributed by atoms with Gasteiger partial charge in [-0.1, -0.05) is 65.9 Å². The first-order valence-corrected chi connectivity index (χ1v) is 10.2. The Bertz CT molecular complexity index is 1070. The summed E-state index contributed by atoms with van der Waals surface area (Å²) in [7, 11) is 0. The topological polar surface area (TPSA) is 68.2 Å². The fraction of sp³-hybridized carbons (Fsp3) is 0.182. The molecule has 1 aliphatic rings. The zero-order valence-corrected chi connectivity index (χ0v) is 17.0. The molecule has 0 saturated carbocycles. The van der Waals surface area contributed by atoms with E-state index in [0.29, 0.717) is 28.2 Å². The number of thioether (sulfide) groups is 1. The Labute approximate surface area is 173 Å². The summed E-state index contributed by atoms with van der Waals surface area (Å²) in [4.78, 5) is 18.9. The number of aromatic nitrogens is 3. The molecule has 1 amide bonds. The van der Waals surface area contributed by atoms with Gasteiger partial charge in [0.1, 0.15) is 0 Å². The third kappa shape index (κ3) is 3.73. The van der Waals surface area contributed by atoms with Gasteiger partial charge in [-0.15, -0.1) is 16.8 Å². The zero-order valence-electron chi connectivity index (χ0n) is 16.2. The third-order valence-corrected chi connectivity index (χ3v) is 5.38. The second-order valence-electron chi connectivity index (χ2n) is 6.63. The maximum Gasteiger partial charge on any atom is 0.247 e. The molecule has 0 spiro atoms. The van der Waals surface area contributed by atoms with Crippen molar-refractivity contribution in [2.24, 2.45) is 0 Å². The summed E-state index contributed by atoms with van der Waals surface area (Å²) in [6.45, 7) is 7.27. The standard InChI is InChI=1S/C22H20N4O2S/c1-4-13-29-22-23-20-19(24-25-22)17-7-5-6-8-18(17)26(15(3)27)21(28-20)16-11-9-14(2)10-12-16/h4-12,21H,1,13H2,2-3H3. The number of aryl methyl sites for hydroxylation is 1. The van der Waals surface area contributed by atoms with Gasteiger partial charge >= 0.3 is 0 Å². The molecule has 2 aromatic carbocycles. The van der Waals surface area contributed by atoms with Gasteiger partial charge in [-0.05, 0) is 13.0 Å². The number of benzene rings is 2. The molecule has 0 N–H and O–H groups in total. The van der Waals surface area contributed by atoms with Gasteiger partial charge in [0, 0.05) is 23.8 Å². The first-order valence-electron chi connectivity index (χ1n) is 9.19. The smallest absolute Gasteiger partial charge is 0.247 e. The number of ether oxygens (including phenoxy) is 1. The highest BCUT2D eigenvalue weighted by Crippen LogP contribution is 2.43. The average Bonchev–Trinajstić information content (AvgIpc) is 2.87. The molecule has 6 nitrogen and oxygen atoms in total. The Morgan fingerprint density at radius 2 is 1.97 bits per heavy atom. The number of carbonyl (C=O) groups excluding carboxylic acids is 1. The van der Waals surface area contributed by atoms with Crippen molar-refractivity contribution in [3.8, 4) is 17.1 Å². The lowest BCUT2D eigenvalue weighted by molar-refractivity contribution is -0.118. The van der Waals surface area contributed by atoms with Gasteiger partial charge in [0.05, 0.1) is 5.69 Å². The van der Waals surface area contributed by atoms with E-state index in [2.05, 4.69) is 21.8 Å². The van der Waals surface area contributed by atoms with Gasteiger partial charge in [0.2, 0.25) is 23.2 Å². The molecule has 1 unspecified atom stereocenters. The Morgan fingerprint density at radius 1 is 1.21 bits per heavy atom. The highest BCUT2D eigenvalue weighted by Gasteiger charge is 2.34. The summed E-state index contributed by atoms with van der Waals surface area (Å²) in [5.74, 6) is 0.885. The van der Waals surface area contributed by atoms with Crippen molar-refractivity contribution < 1.29 is 9.53 Å². The lowest BCUT2D eigenvalue weighted by Gasteiger charge is -2.29. The fourth-order valence-electron chi connectivity index (χ4n) is 3.20. The quantitative estimate of drug-likeness (QED) is 0.469. The van der Waals surface area contributed by atoms with Crippen LogP contribution in [0.25, 0.3) is 11.3 Å². The van der Waals surface area contributed by atoms with Crippen molar-refractivity contribution >= 4 is 23.4 Å². The molecule has 0 saturated heterocycles. The van der Waals surface area contributed by atoms with Crippen LogP contribution in [-0.2, 0) is 4.79 Å². The van der Waals surface area contributed by atoms with Crippen LogP contribution >= 0.6 is 11.8 Å². The highest BCUT2D eigenvalue weighted by atomic mass is 32.2. The van der Waals surface area contributed by atoms with Crippen LogP contribution in [0, 0.1) is 6.92 Å². The minimum absolute atomic E-state index is 0.134. The molecule has 0 bridgehead atoms. The molecule has 2 heterocycles. The molecule has 1 atom stereocenters. The van der Waals surface area contributed by atoms with Crippen LogP contribution in [0.1, 0.15) is 24.3 Å². The fourth-order valence-corrected chi connectivity index (χ4v) is 3.71. The number of carbonyl (C=O) groups is 1. The summed E-state index contributed by atoms with van der Waals surface area (Å²) >= 11 is 1.42. The maximum absolute atomic E-state index is 12.7. The van der Waals surface area contributed by atoms with Crippen LogP contribution in [0.4, 0.5) is 5.69 Å². The number of fused-ring (bicyclic) bond motifs is 3. The average molecular weight is 404 g/mol. The summed E-state index contributed by atoms with van der Waals surface area (Å²) in [5, 5.41) is 9.10. The van der Waals surface area contributed by atoms with Crippen molar-refractivity contribution in [2.75, 3.05) is 10.7 Å². The van der Waals surface area contributed by atoms with Crippen LogP contribution in [0.15, 0.2) is 66.3 Å². The molecule has 4 rings (SSSR count). The minimum Gasteiger partial charge on any atom is -0.447 e. The molecule has 0 radical (unpaired) electrons. The van der Waals surface area contributed by atoms with Crippen LogP contribution in [0.2, 0.25) is 0 Å². The van der Waals surface area contributed by atoms with Crippen LogP contribution in [0.5, 0.6) is 5.88 Å². The number of rotatable bonds is 4. The molecule has 0 fully saturated rings. The van der Waals surface area contributed by atoms with E-state index < -0.39 is 6.23 Å². The van der Waals surface area contributed by atoms with E-state index in [9.17, 15) is 4.79 Å². The van der Waals surface area contributed by atoms with Gasteiger partial charge in [-0.25, -0.2) is 0 Å². The van der Waals surface area contributed by atoms with Gasteiger partial charge in [0.25, 0.3) is 0 Å². The first-order chi connectivity index (χ1) is 14.1. The molecular formula is C22H20N4O2S. The molecule has 7 heteroatoms. The van der Waals surface area contributed by atoms with Crippen molar-refractivity contribution in [2.45, 2.75) is 25.2 Å². The third-order valence-electron chi connectivity index (χ3n) is 4.54. The minimum atomic E-state index is -0.663. The number of nitrogens with zero attached hydrogens (tertiary/aromatic N) is 4. The van der Waals surface area contributed by atoms with Crippen molar-refractivity contribution in [3.05, 3.63) is 72.3 Å². The lowest BCUT2D eigenvalue weighted by Crippen LogP contribution is -2.36. The summed E-state index contributed by atoms with van der Waals surface area (Å²) < 4.78 is 6.31. The molecule has 0 aliphatic carbocycles. The summed E-state index contributed by atoms with van der Waals surface area (Å²) in [6, 6.07) is 15.5. The molecule has 3 aromatic rings. The Balaban J connectivity index is 1.90. The van der Waals surface area contributed by atoms with E-state index in [1.165, 1.54) is 18.7 Å². The second-order valence-corrected chi connectivity index (χ2v) is 7.62. The molecule has 1 aromatic heterocycles. The number of hydrogen-bond donors (Lipinski definition) is 0. The first kappa shape index (κ1) is 19.1. The zero-order chi connectivity index (χ0) is 20.4. The number of hydrogen-bond acceptors (Lipinski definition) is 6. The Kier molecular flexibility index (Phi) is 5.31. The second kappa shape index (κ2) is 8.05. The van der Waals surface area contributed by atoms with Crippen molar-refractivity contribution in [1.82, 2.24) is 15.2 Å². The normalized spacial score (nSPS) is 15.0. The van der Waals surface area contributed by atoms with Crippen molar-refractivity contribution in [1.29, 1.82) is 0 Å². The number of anilines is 1. The highest BCUT2D eigenvalue weighted by molar-refractivity contribution is 7.99. The Hall–Kier alpha value is -3.19. The van der Waals surface area contributed by atoms with Gasteiger partial charge in [-0.3, -0.25) is 9.69 Å². The predicted molar refractivity (Wildman–Crippen MR) is 114 cm³/mol. The lowest BCUT2D eigenvalue weighted by atomic mass is 10.1. The monoisotopic (exact) mass is 404 g/mol. The molecule has 146 valence electrons. The molecular weight excluding hydrogens is 384 g/mol. The SMILES string of the molecule is C=CCSc1nnc2c(n1)OC(c1ccc(C)cc1)N(C(C)=O)c1ccccc1-2. The van der Waals surface area contributed by atoms with E-state index in [0.717, 1.165) is 16.7 Å². The maximum atomic E-state index is 12.7. The van der Waals surface area contributed by atoms with Crippen LogP contribution < -0.4 is 9.64 Å². The van der Waals surface area contributed by atoms with Crippen LogP contribution in [0.3, 0.4) is 0 Å². The van der Waals surface area contributed by atoms with Crippen molar-refractivity contribution in [3.63, 3.8) is 0 Å². The summed E-state index contributed by atoms with van der Waals surface area (Å²) in [6.07, 6.45) is 1.12. The van der Waals surface area contributed by atoms with Gasteiger partial charge in [0.15, 0.2) is 5.69 Å². The molecule has 29 heavy (non-hydrogen) atoms. The van der Waals surface area contributed by atoms with E-state index in [1.807, 2.05) is 55.5 Å². The van der Waals surface area contributed by atoms with E-state index in [1.54, 1.807) is 11.0 Å². The predicted octanol–water partition coefficient (Wildman–Crippen LogP) is 4.57.